The molecule has 0 amide bonds. The van der Waals surface area contributed by atoms with Gasteiger partial charge in [0.25, 0.3) is 0 Å². The molecule has 6 nitrogen and oxygen atoms in total. The maximum Gasteiger partial charge on any atom is 0.191 e. The van der Waals surface area contributed by atoms with E-state index in [9.17, 15) is 0 Å². The van der Waals surface area contributed by atoms with Gasteiger partial charge in [0.1, 0.15) is 0 Å². The summed E-state index contributed by atoms with van der Waals surface area (Å²) in [5.41, 5.74) is 2.62. The van der Waals surface area contributed by atoms with E-state index < -0.39 is 0 Å². The fourth-order valence-corrected chi connectivity index (χ4v) is 3.07. The van der Waals surface area contributed by atoms with Gasteiger partial charge >= 0.3 is 0 Å². The molecule has 2 N–H and O–H groups in total. The van der Waals surface area contributed by atoms with Crippen LogP contribution in [0, 0.1) is 6.92 Å². The number of halogens is 1. The SMILES string of the molecule is CCOCCCNC(=NC)NCC(c1ccc(C)cc1)N1CCOCC1.I. The first-order chi connectivity index (χ1) is 12.7. The molecule has 1 aliphatic rings. The van der Waals surface area contributed by atoms with Gasteiger partial charge < -0.3 is 20.1 Å². The molecular weight excluding hydrogens is 455 g/mol. The number of rotatable bonds is 9. The van der Waals surface area contributed by atoms with E-state index in [1.165, 1.54) is 11.1 Å². The molecule has 0 aromatic heterocycles. The van der Waals surface area contributed by atoms with Gasteiger partial charge in [-0.15, -0.1) is 24.0 Å². The van der Waals surface area contributed by atoms with Gasteiger partial charge in [0, 0.05) is 46.4 Å². The van der Waals surface area contributed by atoms with E-state index in [0.29, 0.717) is 6.04 Å². The van der Waals surface area contributed by atoms with Gasteiger partial charge in [0.15, 0.2) is 5.96 Å². The van der Waals surface area contributed by atoms with Crippen LogP contribution in [0.1, 0.15) is 30.5 Å². The van der Waals surface area contributed by atoms with Crippen LogP contribution in [0.5, 0.6) is 0 Å². The van der Waals surface area contributed by atoms with E-state index in [2.05, 4.69) is 51.7 Å². The van der Waals surface area contributed by atoms with Crippen molar-refractivity contribution in [2.24, 2.45) is 4.99 Å². The molecule has 27 heavy (non-hydrogen) atoms. The Morgan fingerprint density at radius 2 is 1.93 bits per heavy atom. The summed E-state index contributed by atoms with van der Waals surface area (Å²) in [7, 11) is 1.81. The fraction of sp³-hybridized carbons (Fsp3) is 0.650. The summed E-state index contributed by atoms with van der Waals surface area (Å²) in [4.78, 5) is 6.83. The minimum atomic E-state index is 0. The van der Waals surface area contributed by atoms with Gasteiger partial charge in [-0.3, -0.25) is 9.89 Å². The van der Waals surface area contributed by atoms with Gasteiger partial charge in [-0.25, -0.2) is 0 Å². The number of morpholine rings is 1. The van der Waals surface area contributed by atoms with Crippen LogP contribution in [-0.4, -0.2) is 70.5 Å². The van der Waals surface area contributed by atoms with E-state index in [4.69, 9.17) is 9.47 Å². The summed E-state index contributed by atoms with van der Waals surface area (Å²) in [5.74, 6) is 0.840. The van der Waals surface area contributed by atoms with E-state index in [0.717, 1.165) is 65.0 Å². The molecule has 1 heterocycles. The van der Waals surface area contributed by atoms with Crippen molar-refractivity contribution in [2.45, 2.75) is 26.3 Å². The quantitative estimate of drug-likeness (QED) is 0.241. The zero-order valence-corrected chi connectivity index (χ0v) is 19.2. The maximum atomic E-state index is 5.53. The molecule has 1 aliphatic heterocycles. The van der Waals surface area contributed by atoms with Crippen LogP contribution in [0.2, 0.25) is 0 Å². The van der Waals surface area contributed by atoms with Crippen molar-refractivity contribution in [1.29, 1.82) is 0 Å². The van der Waals surface area contributed by atoms with Gasteiger partial charge in [0.05, 0.1) is 19.3 Å². The monoisotopic (exact) mass is 490 g/mol. The van der Waals surface area contributed by atoms with Crippen molar-refractivity contribution >= 4 is 29.9 Å². The highest BCUT2D eigenvalue weighted by Crippen LogP contribution is 2.21. The first-order valence-corrected chi connectivity index (χ1v) is 9.65. The number of nitrogens with one attached hydrogen (secondary N) is 2. The number of aliphatic imine (C=N–C) groups is 1. The minimum Gasteiger partial charge on any atom is -0.382 e. The van der Waals surface area contributed by atoms with Crippen molar-refractivity contribution in [2.75, 3.05) is 59.7 Å². The van der Waals surface area contributed by atoms with Crippen LogP contribution >= 0.6 is 24.0 Å². The summed E-state index contributed by atoms with van der Waals surface area (Å²) >= 11 is 0. The van der Waals surface area contributed by atoms with Crippen molar-refractivity contribution < 1.29 is 9.47 Å². The number of aryl methyl sites for hydroxylation is 1. The predicted molar refractivity (Wildman–Crippen MR) is 122 cm³/mol. The zero-order chi connectivity index (χ0) is 18.6. The van der Waals surface area contributed by atoms with Crippen molar-refractivity contribution in [3.05, 3.63) is 35.4 Å². The Morgan fingerprint density at radius 3 is 2.56 bits per heavy atom. The number of hydrogen-bond acceptors (Lipinski definition) is 4. The molecule has 1 saturated heterocycles. The Morgan fingerprint density at radius 1 is 1.22 bits per heavy atom. The Hall–Kier alpha value is -0.900. The van der Waals surface area contributed by atoms with Crippen molar-refractivity contribution in [3.63, 3.8) is 0 Å². The third-order valence-electron chi connectivity index (χ3n) is 4.60. The van der Waals surface area contributed by atoms with Crippen LogP contribution in [-0.2, 0) is 9.47 Å². The lowest BCUT2D eigenvalue weighted by molar-refractivity contribution is 0.0170. The van der Waals surface area contributed by atoms with Gasteiger partial charge in [-0.05, 0) is 25.8 Å². The van der Waals surface area contributed by atoms with Crippen LogP contribution in [0.25, 0.3) is 0 Å². The van der Waals surface area contributed by atoms with E-state index in [-0.39, 0.29) is 24.0 Å². The first kappa shape index (κ1) is 24.1. The highest BCUT2D eigenvalue weighted by Gasteiger charge is 2.22. The molecule has 0 aliphatic carbocycles. The molecule has 1 aromatic carbocycles. The van der Waals surface area contributed by atoms with E-state index in [1.54, 1.807) is 0 Å². The normalized spacial score (nSPS) is 16.5. The zero-order valence-electron chi connectivity index (χ0n) is 16.9. The predicted octanol–water partition coefficient (Wildman–Crippen LogP) is 2.58. The maximum absolute atomic E-state index is 5.53. The fourth-order valence-electron chi connectivity index (χ4n) is 3.07. The topological polar surface area (TPSA) is 58.1 Å². The van der Waals surface area contributed by atoms with Crippen molar-refractivity contribution in [1.82, 2.24) is 15.5 Å². The summed E-state index contributed by atoms with van der Waals surface area (Å²) in [6.07, 6.45) is 0.972. The van der Waals surface area contributed by atoms with E-state index >= 15 is 0 Å². The van der Waals surface area contributed by atoms with E-state index in [1.807, 2.05) is 14.0 Å². The van der Waals surface area contributed by atoms with Crippen LogP contribution in [0.3, 0.4) is 0 Å². The number of guanidine groups is 1. The first-order valence-electron chi connectivity index (χ1n) is 9.65. The Balaban J connectivity index is 0.00000364. The summed E-state index contributed by atoms with van der Waals surface area (Å²) in [5, 5.41) is 6.85. The average molecular weight is 490 g/mol. The van der Waals surface area contributed by atoms with Crippen LogP contribution < -0.4 is 10.6 Å². The molecule has 2 rings (SSSR count). The molecular formula is C20H35IN4O2. The Bertz CT molecular complexity index is 533. The number of nitrogens with zero attached hydrogens (tertiary/aromatic N) is 2. The minimum absolute atomic E-state index is 0. The molecule has 0 radical (unpaired) electrons. The van der Waals surface area contributed by atoms with Gasteiger partial charge in [-0.2, -0.15) is 0 Å². The Kier molecular flexibility index (Phi) is 12.6. The molecule has 0 saturated carbocycles. The largest absolute Gasteiger partial charge is 0.382 e. The molecule has 0 bridgehead atoms. The van der Waals surface area contributed by atoms with Crippen molar-refractivity contribution in [3.8, 4) is 0 Å². The standard InChI is InChI=1S/C20H34N4O2.HI/c1-4-25-13-5-10-22-20(21-3)23-16-19(24-11-14-26-15-12-24)18-8-6-17(2)7-9-18;/h6-9,19H,4-5,10-16H2,1-3H3,(H2,21,22,23);1H. The second-order valence-electron chi connectivity index (χ2n) is 6.51. The van der Waals surface area contributed by atoms with Crippen LogP contribution in [0.4, 0.5) is 0 Å². The molecule has 1 aromatic rings. The number of ether oxygens (including phenoxy) is 2. The Labute approximate surface area is 181 Å². The van der Waals surface area contributed by atoms with Gasteiger partial charge in [-0.1, -0.05) is 29.8 Å². The second-order valence-corrected chi connectivity index (χ2v) is 6.51. The smallest absolute Gasteiger partial charge is 0.191 e. The number of hydrogen-bond donors (Lipinski definition) is 2. The highest BCUT2D eigenvalue weighted by molar-refractivity contribution is 14.0. The van der Waals surface area contributed by atoms with Gasteiger partial charge in [0.2, 0.25) is 0 Å². The lowest BCUT2D eigenvalue weighted by atomic mass is 10.0. The highest BCUT2D eigenvalue weighted by atomic mass is 127. The average Bonchev–Trinajstić information content (AvgIpc) is 2.68. The molecule has 1 unspecified atom stereocenters. The second kappa shape index (κ2) is 14.1. The molecule has 7 heteroatoms. The lowest BCUT2D eigenvalue weighted by Crippen LogP contribution is -2.46. The molecule has 1 fully saturated rings. The van der Waals surface area contributed by atoms with Crippen LogP contribution in [0.15, 0.2) is 29.3 Å². The lowest BCUT2D eigenvalue weighted by Gasteiger charge is -2.35. The summed E-state index contributed by atoms with van der Waals surface area (Å²) in [6, 6.07) is 9.14. The molecule has 1 atom stereocenters. The molecule has 154 valence electrons. The number of benzene rings is 1. The molecule has 0 spiro atoms. The third-order valence-corrected chi connectivity index (χ3v) is 4.60. The summed E-state index contributed by atoms with van der Waals surface area (Å²) in [6.45, 7) is 10.9. The third kappa shape index (κ3) is 8.76. The summed E-state index contributed by atoms with van der Waals surface area (Å²) < 4.78 is 10.9.